The molecule has 25 heavy (non-hydrogen) atoms. The number of hydrogen-bond acceptors (Lipinski definition) is 7. The average molecular weight is 407 g/mol. The SMILES string of the molecule is COCCNCC(=O)Nc1cccc(S(=O)(=O)Nc2nccs2)c1.Cl. The molecule has 0 saturated heterocycles. The number of carbonyl (C=O) groups is 1. The highest BCUT2D eigenvalue weighted by Gasteiger charge is 2.16. The molecule has 0 aliphatic rings. The maximum absolute atomic E-state index is 12.3. The normalized spacial score (nSPS) is 10.8. The van der Waals surface area contributed by atoms with Gasteiger partial charge in [-0.2, -0.15) is 0 Å². The average Bonchev–Trinajstić information content (AvgIpc) is 3.04. The molecule has 1 heterocycles. The Morgan fingerprint density at radius 2 is 2.16 bits per heavy atom. The molecule has 0 spiro atoms. The summed E-state index contributed by atoms with van der Waals surface area (Å²) in [6, 6.07) is 6.02. The van der Waals surface area contributed by atoms with E-state index < -0.39 is 10.0 Å². The predicted molar refractivity (Wildman–Crippen MR) is 100.0 cm³/mol. The number of rotatable bonds is 9. The van der Waals surface area contributed by atoms with Gasteiger partial charge in [0.05, 0.1) is 18.0 Å². The standard InChI is InChI=1S/C14H18N4O4S2.ClH/c1-22-7-5-15-10-13(19)17-11-3-2-4-12(9-11)24(20,21)18-14-16-6-8-23-14;/h2-4,6,8-9,15H,5,7,10H2,1H3,(H,16,18)(H,17,19);1H. The molecule has 1 amide bonds. The van der Waals surface area contributed by atoms with Crippen LogP contribution in [0.4, 0.5) is 10.8 Å². The molecule has 0 aliphatic heterocycles. The summed E-state index contributed by atoms with van der Waals surface area (Å²) in [5.74, 6) is -0.270. The predicted octanol–water partition coefficient (Wildman–Crippen LogP) is 1.54. The zero-order valence-electron chi connectivity index (χ0n) is 13.4. The zero-order chi connectivity index (χ0) is 17.4. The van der Waals surface area contributed by atoms with Gasteiger partial charge < -0.3 is 15.4 Å². The minimum atomic E-state index is -3.75. The fraction of sp³-hybridized carbons (Fsp3) is 0.286. The molecule has 0 unspecified atom stereocenters. The second kappa shape index (κ2) is 10.3. The molecular formula is C14H19ClN4O4S2. The van der Waals surface area contributed by atoms with Crippen LogP contribution in [0.15, 0.2) is 40.7 Å². The molecule has 138 valence electrons. The van der Waals surface area contributed by atoms with Crippen molar-refractivity contribution in [3.8, 4) is 0 Å². The van der Waals surface area contributed by atoms with E-state index in [1.807, 2.05) is 0 Å². The smallest absolute Gasteiger partial charge is 0.263 e. The van der Waals surface area contributed by atoms with E-state index in [0.29, 0.717) is 18.8 Å². The van der Waals surface area contributed by atoms with Crippen LogP contribution in [-0.2, 0) is 19.6 Å². The Balaban J connectivity index is 0.00000312. The van der Waals surface area contributed by atoms with Crippen LogP contribution >= 0.6 is 23.7 Å². The molecule has 0 atom stereocenters. The molecule has 3 N–H and O–H groups in total. The molecule has 0 bridgehead atoms. The van der Waals surface area contributed by atoms with Crippen molar-refractivity contribution in [3.63, 3.8) is 0 Å². The lowest BCUT2D eigenvalue weighted by Crippen LogP contribution is -2.30. The first-order valence-corrected chi connectivity index (χ1v) is 9.39. The van der Waals surface area contributed by atoms with Crippen LogP contribution in [0.2, 0.25) is 0 Å². The van der Waals surface area contributed by atoms with Crippen molar-refractivity contribution in [1.29, 1.82) is 0 Å². The fourth-order valence-electron chi connectivity index (χ4n) is 1.77. The molecule has 0 saturated carbocycles. The maximum atomic E-state index is 12.3. The van der Waals surface area contributed by atoms with Gasteiger partial charge in [-0.3, -0.25) is 9.52 Å². The quantitative estimate of drug-likeness (QED) is 0.545. The summed E-state index contributed by atoms with van der Waals surface area (Å²) in [5.41, 5.74) is 0.399. The lowest BCUT2D eigenvalue weighted by molar-refractivity contribution is -0.115. The highest BCUT2D eigenvalue weighted by Crippen LogP contribution is 2.20. The minimum Gasteiger partial charge on any atom is -0.383 e. The van der Waals surface area contributed by atoms with Crippen LogP contribution in [-0.4, -0.2) is 46.1 Å². The van der Waals surface area contributed by atoms with Crippen LogP contribution in [0.5, 0.6) is 0 Å². The van der Waals surface area contributed by atoms with Gasteiger partial charge in [0.1, 0.15) is 0 Å². The number of ether oxygens (including phenoxy) is 1. The first-order chi connectivity index (χ1) is 11.5. The van der Waals surface area contributed by atoms with Gasteiger partial charge in [0, 0.05) is 30.9 Å². The third kappa shape index (κ3) is 6.96. The second-order valence-corrected chi connectivity index (χ2v) is 7.27. The molecule has 8 nitrogen and oxygen atoms in total. The molecule has 2 aromatic rings. The number of methoxy groups -OCH3 is 1. The van der Waals surface area contributed by atoms with Crippen molar-refractivity contribution in [1.82, 2.24) is 10.3 Å². The van der Waals surface area contributed by atoms with Crippen molar-refractivity contribution in [2.75, 3.05) is 36.8 Å². The van der Waals surface area contributed by atoms with Crippen LogP contribution in [0.3, 0.4) is 0 Å². The number of amides is 1. The molecule has 1 aromatic heterocycles. The van der Waals surface area contributed by atoms with E-state index in [2.05, 4.69) is 20.3 Å². The van der Waals surface area contributed by atoms with E-state index in [-0.39, 0.29) is 34.9 Å². The van der Waals surface area contributed by atoms with Gasteiger partial charge >= 0.3 is 0 Å². The van der Waals surface area contributed by atoms with Crippen LogP contribution in [0.25, 0.3) is 0 Å². The fourth-order valence-corrected chi connectivity index (χ4v) is 3.60. The number of sulfonamides is 1. The van der Waals surface area contributed by atoms with Crippen molar-refractivity contribution in [2.24, 2.45) is 0 Å². The second-order valence-electron chi connectivity index (χ2n) is 4.69. The monoisotopic (exact) mass is 406 g/mol. The molecule has 0 aliphatic carbocycles. The van der Waals surface area contributed by atoms with E-state index in [1.165, 1.54) is 29.7 Å². The number of thiazole rings is 1. The van der Waals surface area contributed by atoms with E-state index >= 15 is 0 Å². The maximum Gasteiger partial charge on any atom is 0.263 e. The van der Waals surface area contributed by atoms with E-state index in [1.54, 1.807) is 24.6 Å². The lowest BCUT2D eigenvalue weighted by atomic mass is 10.3. The number of nitrogens with one attached hydrogen (secondary N) is 3. The Kier molecular flexibility index (Phi) is 8.79. The largest absolute Gasteiger partial charge is 0.383 e. The summed E-state index contributed by atoms with van der Waals surface area (Å²) in [6.45, 7) is 1.16. The molecular weight excluding hydrogens is 388 g/mol. The molecule has 0 radical (unpaired) electrons. The Morgan fingerprint density at radius 1 is 1.36 bits per heavy atom. The number of benzene rings is 1. The highest BCUT2D eigenvalue weighted by atomic mass is 35.5. The molecule has 0 fully saturated rings. The summed E-state index contributed by atoms with van der Waals surface area (Å²) in [4.78, 5) is 15.7. The summed E-state index contributed by atoms with van der Waals surface area (Å²) >= 11 is 1.18. The van der Waals surface area contributed by atoms with Gasteiger partial charge in [-0.1, -0.05) is 6.07 Å². The van der Waals surface area contributed by atoms with Crippen molar-refractivity contribution < 1.29 is 17.9 Å². The molecule has 1 aromatic carbocycles. The first kappa shape index (κ1) is 21.3. The van der Waals surface area contributed by atoms with E-state index in [9.17, 15) is 13.2 Å². The number of anilines is 2. The Bertz CT molecular complexity index is 769. The van der Waals surface area contributed by atoms with Gasteiger partial charge in [0.15, 0.2) is 5.13 Å². The van der Waals surface area contributed by atoms with E-state index in [0.717, 1.165) is 0 Å². The Morgan fingerprint density at radius 3 is 2.84 bits per heavy atom. The van der Waals surface area contributed by atoms with Crippen LogP contribution < -0.4 is 15.4 Å². The number of carbonyl (C=O) groups excluding carboxylic acids is 1. The number of hydrogen-bond donors (Lipinski definition) is 3. The molecule has 2 rings (SSSR count). The number of halogens is 1. The Labute approximate surface area is 156 Å². The number of aromatic nitrogens is 1. The van der Waals surface area contributed by atoms with Gasteiger partial charge in [0.2, 0.25) is 5.91 Å². The topological polar surface area (TPSA) is 109 Å². The first-order valence-electron chi connectivity index (χ1n) is 7.03. The van der Waals surface area contributed by atoms with Crippen molar-refractivity contribution >= 4 is 50.5 Å². The Hall–Kier alpha value is -1.72. The van der Waals surface area contributed by atoms with Crippen molar-refractivity contribution in [3.05, 3.63) is 35.8 Å². The minimum absolute atomic E-state index is 0. The van der Waals surface area contributed by atoms with Gasteiger partial charge in [-0.15, -0.1) is 23.7 Å². The lowest BCUT2D eigenvalue weighted by Gasteiger charge is -2.09. The summed E-state index contributed by atoms with van der Waals surface area (Å²) in [6.07, 6.45) is 1.51. The van der Waals surface area contributed by atoms with Gasteiger partial charge in [0.25, 0.3) is 10.0 Å². The molecule has 11 heteroatoms. The van der Waals surface area contributed by atoms with Crippen LogP contribution in [0, 0.1) is 0 Å². The van der Waals surface area contributed by atoms with Crippen molar-refractivity contribution in [2.45, 2.75) is 4.90 Å². The van der Waals surface area contributed by atoms with E-state index in [4.69, 9.17) is 4.74 Å². The third-order valence-electron chi connectivity index (χ3n) is 2.85. The summed E-state index contributed by atoms with van der Waals surface area (Å²) in [5, 5.41) is 7.50. The van der Waals surface area contributed by atoms with Gasteiger partial charge in [-0.05, 0) is 18.2 Å². The number of nitrogens with zero attached hydrogens (tertiary/aromatic N) is 1. The highest BCUT2D eigenvalue weighted by molar-refractivity contribution is 7.93. The third-order valence-corrected chi connectivity index (χ3v) is 5.00. The summed E-state index contributed by atoms with van der Waals surface area (Å²) in [7, 11) is -2.17. The summed E-state index contributed by atoms with van der Waals surface area (Å²) < 4.78 is 31.8. The van der Waals surface area contributed by atoms with Gasteiger partial charge in [-0.25, -0.2) is 13.4 Å². The zero-order valence-corrected chi connectivity index (χ0v) is 15.8. The van der Waals surface area contributed by atoms with Crippen LogP contribution in [0.1, 0.15) is 0 Å².